The van der Waals surface area contributed by atoms with Crippen LogP contribution < -0.4 is 9.62 Å². The van der Waals surface area contributed by atoms with Gasteiger partial charge in [0.05, 0.1) is 22.7 Å². The molecule has 2 rings (SSSR count). The lowest BCUT2D eigenvalue weighted by molar-refractivity contribution is -0.114. The summed E-state index contributed by atoms with van der Waals surface area (Å²) in [5.74, 6) is -0.511. The number of rotatable bonds is 5. The third-order valence-electron chi connectivity index (χ3n) is 2.94. The number of carbonyl (C=O) groups excluding carboxylic acids is 1. The monoisotopic (exact) mass is 372 g/mol. The van der Waals surface area contributed by atoms with E-state index < -0.39 is 15.9 Å². The predicted octanol–water partition coefficient (Wildman–Crippen LogP) is 3.40. The Morgan fingerprint density at radius 3 is 2.35 bits per heavy atom. The number of nitrogens with one attached hydrogen (secondary N) is 1. The Morgan fingerprint density at radius 2 is 1.78 bits per heavy atom. The Kier molecular flexibility index (Phi) is 5.51. The van der Waals surface area contributed by atoms with Gasteiger partial charge in [0, 0.05) is 5.02 Å². The highest BCUT2D eigenvalue weighted by Crippen LogP contribution is 2.25. The largest absolute Gasteiger partial charge is 0.323 e. The minimum absolute atomic E-state index is 0.275. The van der Waals surface area contributed by atoms with Gasteiger partial charge in [-0.3, -0.25) is 9.10 Å². The third kappa shape index (κ3) is 4.86. The summed E-state index contributed by atoms with van der Waals surface area (Å²) in [6, 6.07) is 13.0. The smallest absolute Gasteiger partial charge is 0.245 e. The van der Waals surface area contributed by atoms with Crippen molar-refractivity contribution in [3.63, 3.8) is 0 Å². The molecule has 8 heteroatoms. The van der Waals surface area contributed by atoms with Crippen LogP contribution >= 0.6 is 23.2 Å². The summed E-state index contributed by atoms with van der Waals surface area (Å²) in [5, 5.41) is 3.29. The number of benzene rings is 2. The van der Waals surface area contributed by atoms with E-state index in [0.717, 1.165) is 10.6 Å². The van der Waals surface area contributed by atoms with E-state index in [1.807, 2.05) is 0 Å². The average Bonchev–Trinajstić information content (AvgIpc) is 2.47. The number of sulfonamides is 1. The lowest BCUT2D eigenvalue weighted by Crippen LogP contribution is -2.37. The predicted molar refractivity (Wildman–Crippen MR) is 93.7 cm³/mol. The number of carbonyl (C=O) groups is 1. The van der Waals surface area contributed by atoms with Crippen molar-refractivity contribution in [1.29, 1.82) is 0 Å². The number of halogens is 2. The quantitative estimate of drug-likeness (QED) is 0.874. The Hall–Kier alpha value is -1.76. The van der Waals surface area contributed by atoms with Gasteiger partial charge in [0.2, 0.25) is 15.9 Å². The summed E-state index contributed by atoms with van der Waals surface area (Å²) in [6.07, 6.45) is 1.04. The van der Waals surface area contributed by atoms with Crippen molar-refractivity contribution in [2.45, 2.75) is 0 Å². The van der Waals surface area contributed by atoms with Crippen molar-refractivity contribution >= 4 is 50.5 Å². The second-order valence-electron chi connectivity index (χ2n) is 4.78. The van der Waals surface area contributed by atoms with Gasteiger partial charge in [-0.05, 0) is 30.3 Å². The SMILES string of the molecule is CS(=O)(=O)N(CC(=O)Nc1ccc(Cl)cc1Cl)c1ccccc1. The summed E-state index contributed by atoms with van der Waals surface area (Å²) in [7, 11) is -3.60. The van der Waals surface area contributed by atoms with Crippen LogP contribution in [0.5, 0.6) is 0 Å². The molecule has 0 saturated heterocycles. The van der Waals surface area contributed by atoms with Gasteiger partial charge in [-0.25, -0.2) is 8.42 Å². The molecule has 0 saturated carbocycles. The fourth-order valence-electron chi connectivity index (χ4n) is 1.91. The molecule has 0 spiro atoms. The molecule has 1 amide bonds. The molecule has 0 atom stereocenters. The molecule has 0 aromatic heterocycles. The molecule has 0 heterocycles. The minimum atomic E-state index is -3.60. The Morgan fingerprint density at radius 1 is 1.13 bits per heavy atom. The lowest BCUT2D eigenvalue weighted by atomic mass is 10.3. The van der Waals surface area contributed by atoms with Gasteiger partial charge >= 0.3 is 0 Å². The van der Waals surface area contributed by atoms with Crippen molar-refractivity contribution < 1.29 is 13.2 Å². The van der Waals surface area contributed by atoms with Crippen LogP contribution in [0.15, 0.2) is 48.5 Å². The number of hydrogen-bond donors (Lipinski definition) is 1. The average molecular weight is 373 g/mol. The Bertz CT molecular complexity index is 811. The van der Waals surface area contributed by atoms with E-state index in [1.165, 1.54) is 6.07 Å². The molecule has 5 nitrogen and oxygen atoms in total. The van der Waals surface area contributed by atoms with E-state index in [4.69, 9.17) is 23.2 Å². The number of amides is 1. The number of nitrogens with zero attached hydrogens (tertiary/aromatic N) is 1. The van der Waals surface area contributed by atoms with Crippen molar-refractivity contribution in [1.82, 2.24) is 0 Å². The fourth-order valence-corrected chi connectivity index (χ4v) is 3.22. The van der Waals surface area contributed by atoms with Crippen molar-refractivity contribution in [3.8, 4) is 0 Å². The number of para-hydroxylation sites is 1. The first-order valence-corrected chi connectivity index (χ1v) is 9.15. The second-order valence-corrected chi connectivity index (χ2v) is 7.53. The summed E-state index contributed by atoms with van der Waals surface area (Å²) in [4.78, 5) is 12.2. The first kappa shape index (κ1) is 17.6. The van der Waals surface area contributed by atoms with Gasteiger partial charge < -0.3 is 5.32 Å². The van der Waals surface area contributed by atoms with Crippen LogP contribution in [0.2, 0.25) is 10.0 Å². The number of anilines is 2. The van der Waals surface area contributed by atoms with Crippen LogP contribution in [0.25, 0.3) is 0 Å². The van der Waals surface area contributed by atoms with Crippen molar-refractivity contribution in [2.24, 2.45) is 0 Å². The molecular weight excluding hydrogens is 359 g/mol. The van der Waals surface area contributed by atoms with E-state index in [1.54, 1.807) is 42.5 Å². The molecule has 23 heavy (non-hydrogen) atoms. The van der Waals surface area contributed by atoms with Gasteiger partial charge in [0.1, 0.15) is 6.54 Å². The van der Waals surface area contributed by atoms with Crippen molar-refractivity contribution in [2.75, 3.05) is 22.4 Å². The maximum atomic E-state index is 12.2. The van der Waals surface area contributed by atoms with Gasteiger partial charge in [-0.2, -0.15) is 0 Å². The Balaban J connectivity index is 2.19. The zero-order chi connectivity index (χ0) is 17.0. The summed E-state index contributed by atoms with van der Waals surface area (Å²) < 4.78 is 24.9. The van der Waals surface area contributed by atoms with Crippen LogP contribution in [0.4, 0.5) is 11.4 Å². The van der Waals surface area contributed by atoms with Crippen LogP contribution in [-0.2, 0) is 14.8 Å². The second kappa shape index (κ2) is 7.21. The molecule has 2 aromatic carbocycles. The Labute approximate surface area is 144 Å². The highest BCUT2D eigenvalue weighted by atomic mass is 35.5. The van der Waals surface area contributed by atoms with Crippen LogP contribution in [-0.4, -0.2) is 27.1 Å². The summed E-state index contributed by atoms with van der Waals surface area (Å²) in [6.45, 7) is -0.359. The van der Waals surface area contributed by atoms with Gasteiger partial charge in [-0.1, -0.05) is 41.4 Å². The van der Waals surface area contributed by atoms with E-state index >= 15 is 0 Å². The minimum Gasteiger partial charge on any atom is -0.323 e. The van der Waals surface area contributed by atoms with Gasteiger partial charge in [-0.15, -0.1) is 0 Å². The molecule has 0 aliphatic heterocycles. The summed E-state index contributed by atoms with van der Waals surface area (Å²) in [5.41, 5.74) is 0.773. The zero-order valence-corrected chi connectivity index (χ0v) is 14.5. The molecule has 1 N–H and O–H groups in total. The first-order valence-electron chi connectivity index (χ1n) is 6.55. The molecule has 0 aliphatic rings. The maximum absolute atomic E-state index is 12.2. The van der Waals surface area contributed by atoms with E-state index in [9.17, 15) is 13.2 Å². The van der Waals surface area contributed by atoms with Crippen LogP contribution in [0, 0.1) is 0 Å². The molecule has 0 bridgehead atoms. The van der Waals surface area contributed by atoms with Gasteiger partial charge in [0.25, 0.3) is 0 Å². The number of hydrogen-bond acceptors (Lipinski definition) is 3. The molecular formula is C15H14Cl2N2O3S. The summed E-state index contributed by atoms with van der Waals surface area (Å²) >= 11 is 11.8. The van der Waals surface area contributed by atoms with Crippen molar-refractivity contribution in [3.05, 3.63) is 58.6 Å². The van der Waals surface area contributed by atoms with Crippen LogP contribution in [0.1, 0.15) is 0 Å². The van der Waals surface area contributed by atoms with E-state index in [-0.39, 0.29) is 11.6 Å². The molecule has 0 fully saturated rings. The highest BCUT2D eigenvalue weighted by Gasteiger charge is 2.21. The highest BCUT2D eigenvalue weighted by molar-refractivity contribution is 7.92. The molecule has 2 aromatic rings. The van der Waals surface area contributed by atoms with E-state index in [2.05, 4.69) is 5.32 Å². The standard InChI is InChI=1S/C15H14Cl2N2O3S/c1-23(21,22)19(12-5-3-2-4-6-12)10-15(20)18-14-8-7-11(16)9-13(14)17/h2-9H,10H2,1H3,(H,18,20). The topological polar surface area (TPSA) is 66.5 Å². The molecule has 0 radical (unpaired) electrons. The van der Waals surface area contributed by atoms with E-state index in [0.29, 0.717) is 16.4 Å². The third-order valence-corrected chi connectivity index (χ3v) is 4.63. The molecule has 0 unspecified atom stereocenters. The maximum Gasteiger partial charge on any atom is 0.245 e. The van der Waals surface area contributed by atoms with Crippen LogP contribution in [0.3, 0.4) is 0 Å². The molecule has 122 valence electrons. The molecule has 0 aliphatic carbocycles. The van der Waals surface area contributed by atoms with Gasteiger partial charge in [0.15, 0.2) is 0 Å². The lowest BCUT2D eigenvalue weighted by Gasteiger charge is -2.21. The normalized spacial score (nSPS) is 11.1. The first-order chi connectivity index (χ1) is 10.8. The fraction of sp³-hybridized carbons (Fsp3) is 0.133. The zero-order valence-electron chi connectivity index (χ0n) is 12.2.